The van der Waals surface area contributed by atoms with Crippen LogP contribution in [0.15, 0.2) is 24.8 Å². The molecule has 0 heterocycles. The predicted octanol–water partition coefficient (Wildman–Crippen LogP) is 5.02. The number of phenols is 1. The van der Waals surface area contributed by atoms with Gasteiger partial charge in [0.2, 0.25) is 0 Å². The van der Waals surface area contributed by atoms with Crippen LogP contribution in [0, 0.1) is 23.7 Å². The van der Waals surface area contributed by atoms with E-state index < -0.39 is 0 Å². The number of rotatable bonds is 6. The Balaban J connectivity index is 2.42. The van der Waals surface area contributed by atoms with Crippen molar-refractivity contribution in [2.45, 2.75) is 46.5 Å². The summed E-state index contributed by atoms with van der Waals surface area (Å²) >= 11 is 0. The average molecular weight is 330 g/mol. The average Bonchev–Trinajstić information content (AvgIpc) is 2.55. The van der Waals surface area contributed by atoms with Crippen molar-refractivity contribution in [2.24, 2.45) is 23.7 Å². The highest BCUT2D eigenvalue weighted by Gasteiger charge is 2.37. The number of carbonyl (C=O) groups is 1. The van der Waals surface area contributed by atoms with Crippen LogP contribution in [0.5, 0.6) is 11.5 Å². The minimum absolute atomic E-state index is 0.0247. The molecule has 0 bridgehead atoms. The molecule has 0 aliphatic heterocycles. The second kappa shape index (κ2) is 7.87. The summed E-state index contributed by atoms with van der Waals surface area (Å²) in [6.07, 6.45) is 5.60. The quantitative estimate of drug-likeness (QED) is 0.588. The number of ether oxygens (including phenoxy) is 1. The molecule has 1 aliphatic rings. The van der Waals surface area contributed by atoms with Crippen LogP contribution < -0.4 is 4.74 Å². The van der Waals surface area contributed by atoms with Gasteiger partial charge in [-0.1, -0.05) is 33.3 Å². The van der Waals surface area contributed by atoms with Crippen LogP contribution in [-0.2, 0) is 6.42 Å². The Labute approximate surface area is 145 Å². The van der Waals surface area contributed by atoms with Gasteiger partial charge in [-0.2, -0.15) is 0 Å². The lowest BCUT2D eigenvalue weighted by Crippen LogP contribution is -2.33. The number of phenolic OH excluding ortho intramolecular Hbond substituents is 1. The zero-order valence-electron chi connectivity index (χ0n) is 15.3. The number of benzene rings is 1. The van der Waals surface area contributed by atoms with Gasteiger partial charge in [0.25, 0.3) is 0 Å². The second-order valence-electron chi connectivity index (χ2n) is 7.48. The first-order valence-electron chi connectivity index (χ1n) is 8.94. The molecule has 132 valence electrons. The van der Waals surface area contributed by atoms with Crippen molar-refractivity contribution in [2.75, 3.05) is 7.11 Å². The summed E-state index contributed by atoms with van der Waals surface area (Å²) < 4.78 is 5.27. The number of Topliss-reactive ketones (excluding diaryl/α,β-unsaturated/α-hetero) is 1. The van der Waals surface area contributed by atoms with Crippen molar-refractivity contribution in [1.82, 2.24) is 0 Å². The standard InChI is InChI=1S/C21H30O3/c1-6-7-15-11-18(21(23)19(12-15)24-5)20(22)17-10-14(4)8-9-16(17)13(2)3/h6,11-14,16-17,23H,1,7-10H2,2-5H3. The van der Waals surface area contributed by atoms with E-state index >= 15 is 0 Å². The van der Waals surface area contributed by atoms with E-state index in [2.05, 4.69) is 27.4 Å². The Morgan fingerprint density at radius 1 is 1.42 bits per heavy atom. The molecule has 3 nitrogen and oxygen atoms in total. The number of carbonyl (C=O) groups excluding carboxylic acids is 1. The lowest BCUT2D eigenvalue weighted by Gasteiger charge is -2.36. The fraction of sp³-hybridized carbons (Fsp3) is 0.571. The summed E-state index contributed by atoms with van der Waals surface area (Å²) in [4.78, 5) is 13.3. The SMILES string of the molecule is C=CCc1cc(OC)c(O)c(C(=O)C2CC(C)CCC2C(C)C)c1. The Hall–Kier alpha value is -1.77. The van der Waals surface area contributed by atoms with Crippen LogP contribution in [0.4, 0.5) is 0 Å². The van der Waals surface area contributed by atoms with Crippen molar-refractivity contribution >= 4 is 5.78 Å². The molecule has 1 aromatic carbocycles. The molecule has 0 amide bonds. The van der Waals surface area contributed by atoms with Crippen LogP contribution in [0.2, 0.25) is 0 Å². The monoisotopic (exact) mass is 330 g/mol. The van der Waals surface area contributed by atoms with Crippen molar-refractivity contribution in [3.63, 3.8) is 0 Å². The Morgan fingerprint density at radius 3 is 2.71 bits per heavy atom. The molecule has 2 rings (SSSR count). The molecule has 3 unspecified atom stereocenters. The van der Waals surface area contributed by atoms with E-state index in [0.29, 0.717) is 35.5 Å². The zero-order chi connectivity index (χ0) is 17.9. The third-order valence-corrected chi connectivity index (χ3v) is 5.36. The molecule has 0 aromatic heterocycles. The van der Waals surface area contributed by atoms with Crippen LogP contribution >= 0.6 is 0 Å². The molecule has 0 spiro atoms. The lowest BCUT2D eigenvalue weighted by atomic mass is 9.67. The van der Waals surface area contributed by atoms with Gasteiger partial charge in [0, 0.05) is 5.92 Å². The third-order valence-electron chi connectivity index (χ3n) is 5.36. The van der Waals surface area contributed by atoms with E-state index in [0.717, 1.165) is 18.4 Å². The van der Waals surface area contributed by atoms with Crippen LogP contribution in [0.1, 0.15) is 56.0 Å². The van der Waals surface area contributed by atoms with E-state index in [1.165, 1.54) is 13.5 Å². The molecule has 1 aliphatic carbocycles. The maximum atomic E-state index is 13.3. The normalized spacial score (nSPS) is 24.0. The molecule has 1 aromatic rings. The second-order valence-corrected chi connectivity index (χ2v) is 7.48. The molecule has 3 atom stereocenters. The van der Waals surface area contributed by atoms with Crippen molar-refractivity contribution in [1.29, 1.82) is 0 Å². The number of allylic oxidation sites excluding steroid dienone is 1. The minimum atomic E-state index is -0.0314. The van der Waals surface area contributed by atoms with Crippen molar-refractivity contribution in [3.05, 3.63) is 35.9 Å². The summed E-state index contributed by atoms with van der Waals surface area (Å²) in [6, 6.07) is 3.58. The molecule has 0 radical (unpaired) electrons. The maximum Gasteiger partial charge on any atom is 0.170 e. The van der Waals surface area contributed by atoms with E-state index in [1.54, 1.807) is 18.2 Å². The van der Waals surface area contributed by atoms with Crippen molar-refractivity contribution in [3.8, 4) is 11.5 Å². The van der Waals surface area contributed by atoms with Gasteiger partial charge in [0.1, 0.15) is 0 Å². The minimum Gasteiger partial charge on any atom is -0.504 e. The first-order valence-corrected chi connectivity index (χ1v) is 8.94. The number of aromatic hydroxyl groups is 1. The van der Waals surface area contributed by atoms with E-state index in [-0.39, 0.29) is 17.5 Å². The maximum absolute atomic E-state index is 13.3. The van der Waals surface area contributed by atoms with Gasteiger partial charge in [0.15, 0.2) is 17.3 Å². The molecular weight excluding hydrogens is 300 g/mol. The number of methoxy groups -OCH3 is 1. The summed E-state index contributed by atoms with van der Waals surface area (Å²) in [5.74, 6) is 1.76. The van der Waals surface area contributed by atoms with Gasteiger partial charge in [0.05, 0.1) is 12.7 Å². The van der Waals surface area contributed by atoms with Gasteiger partial charge in [-0.05, 0) is 54.7 Å². The Morgan fingerprint density at radius 2 is 2.12 bits per heavy atom. The lowest BCUT2D eigenvalue weighted by molar-refractivity contribution is 0.0720. The summed E-state index contributed by atoms with van der Waals surface area (Å²) in [7, 11) is 1.51. The molecule has 1 N–H and O–H groups in total. The largest absolute Gasteiger partial charge is 0.504 e. The molecule has 1 saturated carbocycles. The summed E-state index contributed by atoms with van der Waals surface area (Å²) in [5.41, 5.74) is 1.34. The first kappa shape index (κ1) is 18.6. The molecule has 3 heteroatoms. The fourth-order valence-electron chi connectivity index (χ4n) is 4.00. The Kier molecular flexibility index (Phi) is 6.09. The first-order chi connectivity index (χ1) is 11.4. The van der Waals surface area contributed by atoms with Crippen LogP contribution in [0.25, 0.3) is 0 Å². The summed E-state index contributed by atoms with van der Waals surface area (Å²) in [6.45, 7) is 10.3. The highest BCUT2D eigenvalue weighted by Crippen LogP contribution is 2.42. The zero-order valence-corrected chi connectivity index (χ0v) is 15.3. The Bertz CT molecular complexity index is 603. The predicted molar refractivity (Wildman–Crippen MR) is 97.7 cm³/mol. The molecule has 1 fully saturated rings. The molecule has 0 saturated heterocycles. The van der Waals surface area contributed by atoms with Gasteiger partial charge in [-0.3, -0.25) is 4.79 Å². The molecular formula is C21H30O3. The topological polar surface area (TPSA) is 46.5 Å². The number of hydrogen-bond donors (Lipinski definition) is 1. The van der Waals surface area contributed by atoms with Crippen molar-refractivity contribution < 1.29 is 14.6 Å². The van der Waals surface area contributed by atoms with E-state index in [4.69, 9.17) is 4.74 Å². The highest BCUT2D eigenvalue weighted by molar-refractivity contribution is 6.01. The van der Waals surface area contributed by atoms with Crippen LogP contribution in [-0.4, -0.2) is 18.0 Å². The van der Waals surface area contributed by atoms with Gasteiger partial charge >= 0.3 is 0 Å². The number of ketones is 1. The highest BCUT2D eigenvalue weighted by atomic mass is 16.5. The third kappa shape index (κ3) is 3.82. The van der Waals surface area contributed by atoms with Gasteiger partial charge in [-0.25, -0.2) is 0 Å². The smallest absolute Gasteiger partial charge is 0.170 e. The summed E-state index contributed by atoms with van der Waals surface area (Å²) in [5, 5.41) is 10.5. The van der Waals surface area contributed by atoms with Crippen LogP contribution in [0.3, 0.4) is 0 Å². The van der Waals surface area contributed by atoms with E-state index in [1.807, 2.05) is 0 Å². The fourth-order valence-corrected chi connectivity index (χ4v) is 4.00. The molecule has 24 heavy (non-hydrogen) atoms. The van der Waals surface area contributed by atoms with Gasteiger partial charge in [-0.15, -0.1) is 6.58 Å². The van der Waals surface area contributed by atoms with E-state index in [9.17, 15) is 9.90 Å². The number of hydrogen-bond acceptors (Lipinski definition) is 3. The van der Waals surface area contributed by atoms with Gasteiger partial charge < -0.3 is 9.84 Å².